The first-order valence-corrected chi connectivity index (χ1v) is 8.65. The van der Waals surface area contributed by atoms with Crippen LogP contribution in [0.3, 0.4) is 0 Å². The van der Waals surface area contributed by atoms with Crippen molar-refractivity contribution in [3.05, 3.63) is 66.7 Å². The normalized spacial score (nSPS) is 11.4. The molecule has 0 aliphatic heterocycles. The van der Waals surface area contributed by atoms with Crippen molar-refractivity contribution in [3.63, 3.8) is 0 Å². The maximum atomic E-state index is 12.8. The second-order valence-corrected chi connectivity index (χ2v) is 7.07. The van der Waals surface area contributed by atoms with Crippen LogP contribution in [0.5, 0.6) is 0 Å². The minimum absolute atomic E-state index is 0.266. The number of rotatable bonds is 4. The zero-order chi connectivity index (χ0) is 16.4. The summed E-state index contributed by atoms with van der Waals surface area (Å²) in [5.41, 5.74) is 1.47. The molecule has 5 heteroatoms. The molecule has 0 spiro atoms. The highest BCUT2D eigenvalue weighted by molar-refractivity contribution is 7.93. The predicted octanol–water partition coefficient (Wildman–Crippen LogP) is 3.51. The van der Waals surface area contributed by atoms with E-state index in [0.29, 0.717) is 11.1 Å². The van der Waals surface area contributed by atoms with E-state index in [1.807, 2.05) is 43.3 Å². The average Bonchev–Trinajstić information content (AvgIpc) is 2.54. The SMILES string of the molecule is CN(C)c1cccc2c(S(=O)(=O)Nc3c[c]ccc3)cccc12. The van der Waals surface area contributed by atoms with E-state index in [2.05, 4.69) is 10.8 Å². The van der Waals surface area contributed by atoms with Gasteiger partial charge in [-0.1, -0.05) is 36.4 Å². The van der Waals surface area contributed by atoms with Crippen molar-refractivity contribution in [3.8, 4) is 0 Å². The van der Waals surface area contributed by atoms with E-state index in [1.54, 1.807) is 36.4 Å². The topological polar surface area (TPSA) is 49.4 Å². The Labute approximate surface area is 136 Å². The highest BCUT2D eigenvalue weighted by atomic mass is 32.2. The summed E-state index contributed by atoms with van der Waals surface area (Å²) in [5, 5.41) is 1.60. The molecule has 1 N–H and O–H groups in total. The van der Waals surface area contributed by atoms with Gasteiger partial charge in [0.05, 0.1) is 4.90 Å². The maximum Gasteiger partial charge on any atom is 0.262 e. The Hall–Kier alpha value is -2.53. The van der Waals surface area contributed by atoms with Gasteiger partial charge in [0.2, 0.25) is 0 Å². The number of benzene rings is 3. The van der Waals surface area contributed by atoms with Gasteiger partial charge in [-0.15, -0.1) is 0 Å². The highest BCUT2D eigenvalue weighted by Crippen LogP contribution is 2.30. The Kier molecular flexibility index (Phi) is 3.96. The predicted molar refractivity (Wildman–Crippen MR) is 94.4 cm³/mol. The maximum absolute atomic E-state index is 12.8. The molecule has 0 aromatic heterocycles. The summed E-state index contributed by atoms with van der Waals surface area (Å²) < 4.78 is 28.1. The van der Waals surface area contributed by atoms with Gasteiger partial charge in [0, 0.05) is 36.2 Å². The minimum Gasteiger partial charge on any atom is -0.377 e. The Bertz CT molecular complexity index is 936. The van der Waals surface area contributed by atoms with E-state index in [-0.39, 0.29) is 4.90 Å². The first-order chi connectivity index (χ1) is 11.0. The van der Waals surface area contributed by atoms with Gasteiger partial charge in [-0.25, -0.2) is 8.42 Å². The molecule has 0 fully saturated rings. The van der Waals surface area contributed by atoms with Crippen LogP contribution in [-0.4, -0.2) is 22.5 Å². The van der Waals surface area contributed by atoms with Gasteiger partial charge in [0.1, 0.15) is 0 Å². The summed E-state index contributed by atoms with van der Waals surface area (Å²) in [7, 11) is 0.206. The van der Waals surface area contributed by atoms with E-state index in [9.17, 15) is 8.42 Å². The van der Waals surface area contributed by atoms with Crippen molar-refractivity contribution >= 4 is 32.2 Å². The molecule has 3 rings (SSSR count). The summed E-state index contributed by atoms with van der Waals surface area (Å²) in [6.07, 6.45) is 0. The van der Waals surface area contributed by atoms with E-state index in [0.717, 1.165) is 11.1 Å². The number of hydrogen-bond acceptors (Lipinski definition) is 3. The van der Waals surface area contributed by atoms with Gasteiger partial charge in [0.25, 0.3) is 10.0 Å². The third-order valence-electron chi connectivity index (χ3n) is 3.59. The number of nitrogens with zero attached hydrogens (tertiary/aromatic N) is 1. The Morgan fingerprint density at radius 3 is 2.39 bits per heavy atom. The van der Waals surface area contributed by atoms with Gasteiger partial charge in [-0.2, -0.15) is 0 Å². The quantitative estimate of drug-likeness (QED) is 0.798. The molecule has 1 radical (unpaired) electrons. The second-order valence-electron chi connectivity index (χ2n) is 5.42. The van der Waals surface area contributed by atoms with Crippen molar-refractivity contribution in [2.75, 3.05) is 23.7 Å². The van der Waals surface area contributed by atoms with Gasteiger partial charge in [-0.05, 0) is 30.3 Å². The van der Waals surface area contributed by atoms with E-state index >= 15 is 0 Å². The fourth-order valence-electron chi connectivity index (χ4n) is 2.56. The van der Waals surface area contributed by atoms with Gasteiger partial charge < -0.3 is 4.90 Å². The van der Waals surface area contributed by atoms with E-state index in [4.69, 9.17) is 0 Å². The van der Waals surface area contributed by atoms with Crippen LogP contribution in [0.2, 0.25) is 0 Å². The van der Waals surface area contributed by atoms with Crippen LogP contribution in [-0.2, 0) is 10.0 Å². The Balaban J connectivity index is 2.14. The summed E-state index contributed by atoms with van der Waals surface area (Å²) in [6.45, 7) is 0. The molecule has 0 atom stereocenters. The molecule has 0 unspecified atom stereocenters. The standard InChI is InChI=1S/C18H17N2O2S/c1-20(2)17-12-6-11-16-15(17)10-7-13-18(16)23(21,22)19-14-8-4-3-5-9-14/h3-4,6-13,19H,1-2H3. The molecule has 4 nitrogen and oxygen atoms in total. The van der Waals surface area contributed by atoms with Gasteiger partial charge in [-0.3, -0.25) is 4.72 Å². The van der Waals surface area contributed by atoms with Crippen LogP contribution in [0.25, 0.3) is 10.8 Å². The lowest BCUT2D eigenvalue weighted by molar-refractivity contribution is 0.602. The molecule has 3 aromatic rings. The third kappa shape index (κ3) is 3.00. The fraction of sp³-hybridized carbons (Fsp3) is 0.111. The lowest BCUT2D eigenvalue weighted by Crippen LogP contribution is -2.14. The average molecular weight is 325 g/mol. The molecule has 0 bridgehead atoms. The second kappa shape index (κ2) is 5.93. The Morgan fingerprint density at radius 1 is 0.957 bits per heavy atom. The molecule has 0 heterocycles. The minimum atomic E-state index is -3.67. The van der Waals surface area contributed by atoms with Crippen molar-refractivity contribution in [1.82, 2.24) is 0 Å². The summed E-state index contributed by atoms with van der Waals surface area (Å²) in [6, 6.07) is 20.6. The largest absolute Gasteiger partial charge is 0.377 e. The lowest BCUT2D eigenvalue weighted by Gasteiger charge is -2.17. The van der Waals surface area contributed by atoms with Crippen LogP contribution in [0, 0.1) is 6.07 Å². The number of sulfonamides is 1. The zero-order valence-corrected chi connectivity index (χ0v) is 13.8. The van der Waals surface area contributed by atoms with Crippen molar-refractivity contribution in [2.45, 2.75) is 4.90 Å². The fourth-order valence-corrected chi connectivity index (χ4v) is 3.83. The molecule has 3 aromatic carbocycles. The Morgan fingerprint density at radius 2 is 1.70 bits per heavy atom. The molecule has 0 saturated carbocycles. The molecular formula is C18H17N2O2S. The van der Waals surface area contributed by atoms with Gasteiger partial charge >= 0.3 is 0 Å². The number of nitrogens with one attached hydrogen (secondary N) is 1. The summed E-state index contributed by atoms with van der Waals surface area (Å²) in [4.78, 5) is 2.24. The molecule has 0 saturated heterocycles. The molecule has 117 valence electrons. The summed E-state index contributed by atoms with van der Waals surface area (Å²) in [5.74, 6) is 0. The molecular weight excluding hydrogens is 308 g/mol. The molecule has 23 heavy (non-hydrogen) atoms. The first kappa shape index (κ1) is 15.4. The van der Waals surface area contributed by atoms with Crippen LogP contribution in [0.4, 0.5) is 11.4 Å². The van der Waals surface area contributed by atoms with Crippen molar-refractivity contribution in [1.29, 1.82) is 0 Å². The molecule has 0 amide bonds. The monoisotopic (exact) mass is 325 g/mol. The first-order valence-electron chi connectivity index (χ1n) is 7.17. The lowest BCUT2D eigenvalue weighted by atomic mass is 10.1. The smallest absolute Gasteiger partial charge is 0.262 e. The highest BCUT2D eigenvalue weighted by Gasteiger charge is 2.18. The van der Waals surface area contributed by atoms with Crippen LogP contribution in [0.15, 0.2) is 65.6 Å². The van der Waals surface area contributed by atoms with Crippen LogP contribution >= 0.6 is 0 Å². The van der Waals surface area contributed by atoms with Crippen molar-refractivity contribution < 1.29 is 8.42 Å². The zero-order valence-electron chi connectivity index (χ0n) is 12.9. The number of anilines is 2. The van der Waals surface area contributed by atoms with Crippen LogP contribution in [0.1, 0.15) is 0 Å². The van der Waals surface area contributed by atoms with E-state index < -0.39 is 10.0 Å². The third-order valence-corrected chi connectivity index (χ3v) is 5.03. The molecule has 0 aliphatic rings. The summed E-state index contributed by atoms with van der Waals surface area (Å²) >= 11 is 0. The van der Waals surface area contributed by atoms with E-state index in [1.165, 1.54) is 0 Å². The number of fused-ring (bicyclic) bond motifs is 1. The number of hydrogen-bond donors (Lipinski definition) is 1. The molecule has 0 aliphatic carbocycles. The van der Waals surface area contributed by atoms with Crippen LogP contribution < -0.4 is 9.62 Å². The van der Waals surface area contributed by atoms with Gasteiger partial charge in [0.15, 0.2) is 0 Å². The van der Waals surface area contributed by atoms with Crippen molar-refractivity contribution in [2.24, 2.45) is 0 Å².